The molecule has 6 unspecified atom stereocenters. The SMILES string of the molecule is CCC1OC(OC2Oc3cc(OC)c(O)cc3N(OC)C2=O)C(O)C(O)C1O. The molecule has 3 rings (SSSR count). The number of rotatable bonds is 5. The first-order chi connectivity index (χ1) is 13.3. The van der Waals surface area contributed by atoms with Crippen LogP contribution in [0.25, 0.3) is 0 Å². The Balaban J connectivity index is 1.86. The fourth-order valence-corrected chi connectivity index (χ4v) is 3.10. The van der Waals surface area contributed by atoms with Gasteiger partial charge in [-0.3, -0.25) is 9.63 Å². The van der Waals surface area contributed by atoms with Gasteiger partial charge in [0.25, 0.3) is 6.29 Å². The lowest BCUT2D eigenvalue weighted by Crippen LogP contribution is -2.60. The lowest BCUT2D eigenvalue weighted by molar-refractivity contribution is -0.320. The number of phenolic OH excluding ortho intramolecular Hbond substituents is 1. The molecular formula is C17H23NO10. The minimum Gasteiger partial charge on any atom is -0.504 e. The third-order valence-corrected chi connectivity index (χ3v) is 4.63. The van der Waals surface area contributed by atoms with Crippen molar-refractivity contribution in [1.29, 1.82) is 0 Å². The van der Waals surface area contributed by atoms with Crippen molar-refractivity contribution in [2.24, 2.45) is 0 Å². The van der Waals surface area contributed by atoms with Gasteiger partial charge in [-0.25, -0.2) is 0 Å². The van der Waals surface area contributed by atoms with Crippen LogP contribution >= 0.6 is 0 Å². The van der Waals surface area contributed by atoms with Gasteiger partial charge in [-0.1, -0.05) is 6.92 Å². The van der Waals surface area contributed by atoms with Crippen LogP contribution < -0.4 is 14.5 Å². The van der Waals surface area contributed by atoms with Gasteiger partial charge in [-0.05, 0) is 6.42 Å². The van der Waals surface area contributed by atoms with Crippen molar-refractivity contribution in [2.75, 3.05) is 19.3 Å². The second-order valence-electron chi connectivity index (χ2n) is 6.32. The van der Waals surface area contributed by atoms with Crippen LogP contribution in [0.3, 0.4) is 0 Å². The third-order valence-electron chi connectivity index (χ3n) is 4.63. The fourth-order valence-electron chi connectivity index (χ4n) is 3.10. The number of carbonyl (C=O) groups excluding carboxylic acids is 1. The summed E-state index contributed by atoms with van der Waals surface area (Å²) in [6.07, 6.45) is -7.91. The van der Waals surface area contributed by atoms with Crippen molar-refractivity contribution < 1.29 is 49.0 Å². The quantitative estimate of drug-likeness (QED) is 0.497. The molecule has 1 aromatic carbocycles. The van der Waals surface area contributed by atoms with Crippen LogP contribution in [0.15, 0.2) is 12.1 Å². The summed E-state index contributed by atoms with van der Waals surface area (Å²) >= 11 is 0. The number of ether oxygens (including phenoxy) is 4. The summed E-state index contributed by atoms with van der Waals surface area (Å²) in [5.74, 6) is -0.808. The molecule has 0 spiro atoms. The Morgan fingerprint density at radius 1 is 1.14 bits per heavy atom. The maximum absolute atomic E-state index is 12.7. The number of hydrogen-bond acceptors (Lipinski definition) is 10. The van der Waals surface area contributed by atoms with Crippen molar-refractivity contribution in [2.45, 2.75) is 50.3 Å². The summed E-state index contributed by atoms with van der Waals surface area (Å²) < 4.78 is 21.5. The summed E-state index contributed by atoms with van der Waals surface area (Å²) in [5.41, 5.74) is 0.123. The number of fused-ring (bicyclic) bond motifs is 1. The van der Waals surface area contributed by atoms with E-state index in [-0.39, 0.29) is 22.9 Å². The minimum atomic E-state index is -1.61. The number of aliphatic hydroxyl groups excluding tert-OH is 3. The Kier molecular flexibility index (Phi) is 5.93. The Bertz CT molecular complexity index is 726. The van der Waals surface area contributed by atoms with Crippen molar-refractivity contribution in [3.63, 3.8) is 0 Å². The maximum Gasteiger partial charge on any atom is 0.320 e. The lowest BCUT2D eigenvalue weighted by Gasteiger charge is -2.41. The fraction of sp³-hybridized carbons (Fsp3) is 0.588. The first-order valence-corrected chi connectivity index (χ1v) is 8.63. The van der Waals surface area contributed by atoms with Crippen LogP contribution in [0.1, 0.15) is 13.3 Å². The number of hydroxylamine groups is 1. The van der Waals surface area contributed by atoms with Crippen molar-refractivity contribution in [1.82, 2.24) is 0 Å². The van der Waals surface area contributed by atoms with E-state index in [9.17, 15) is 25.2 Å². The van der Waals surface area contributed by atoms with Gasteiger partial charge in [-0.2, -0.15) is 5.06 Å². The number of anilines is 1. The van der Waals surface area contributed by atoms with E-state index in [1.807, 2.05) is 0 Å². The number of methoxy groups -OCH3 is 1. The Morgan fingerprint density at radius 2 is 1.86 bits per heavy atom. The summed E-state index contributed by atoms with van der Waals surface area (Å²) in [6, 6.07) is 2.57. The van der Waals surface area contributed by atoms with Gasteiger partial charge in [0, 0.05) is 12.1 Å². The summed E-state index contributed by atoms with van der Waals surface area (Å²) in [4.78, 5) is 17.7. The second kappa shape index (κ2) is 8.07. The number of aromatic hydroxyl groups is 1. The first-order valence-electron chi connectivity index (χ1n) is 8.63. The highest BCUT2D eigenvalue weighted by molar-refractivity contribution is 5.98. The molecule has 2 aliphatic heterocycles. The van der Waals surface area contributed by atoms with Crippen LogP contribution in [-0.2, 0) is 19.1 Å². The first kappa shape index (κ1) is 20.6. The zero-order valence-electron chi connectivity index (χ0n) is 15.5. The molecule has 1 amide bonds. The molecule has 2 heterocycles. The van der Waals surface area contributed by atoms with E-state index < -0.39 is 42.9 Å². The number of benzene rings is 1. The Morgan fingerprint density at radius 3 is 2.46 bits per heavy atom. The largest absolute Gasteiger partial charge is 0.504 e. The third kappa shape index (κ3) is 3.48. The molecule has 1 saturated heterocycles. The van der Waals surface area contributed by atoms with E-state index in [4.69, 9.17) is 23.8 Å². The molecule has 0 radical (unpaired) electrons. The zero-order chi connectivity index (χ0) is 20.6. The van der Waals surface area contributed by atoms with E-state index in [1.54, 1.807) is 6.92 Å². The average molecular weight is 401 g/mol. The minimum absolute atomic E-state index is 0.0986. The van der Waals surface area contributed by atoms with Crippen LogP contribution in [-0.4, -0.2) is 77.5 Å². The molecule has 0 saturated carbocycles. The van der Waals surface area contributed by atoms with E-state index in [1.165, 1.54) is 26.4 Å². The molecule has 2 aliphatic rings. The van der Waals surface area contributed by atoms with Gasteiger partial charge in [0.2, 0.25) is 0 Å². The monoisotopic (exact) mass is 401 g/mol. The van der Waals surface area contributed by atoms with E-state index in [0.29, 0.717) is 6.42 Å². The average Bonchev–Trinajstić information content (AvgIpc) is 2.69. The van der Waals surface area contributed by atoms with Crippen molar-refractivity contribution in [3.05, 3.63) is 12.1 Å². The van der Waals surface area contributed by atoms with Gasteiger partial charge in [0.1, 0.15) is 24.0 Å². The Labute approximate surface area is 160 Å². The lowest BCUT2D eigenvalue weighted by atomic mass is 9.97. The summed E-state index contributed by atoms with van der Waals surface area (Å²) in [5, 5.41) is 40.9. The summed E-state index contributed by atoms with van der Waals surface area (Å²) in [7, 11) is 2.59. The standard InChI is InChI=1S/C17H23NO10/c1-4-9-12(20)13(21)14(22)16(26-9)28-17-15(23)18(25-3)7-5-8(19)11(24-2)6-10(7)27-17/h5-6,9,12-14,16-17,19-22H,4H2,1-3H3. The predicted molar refractivity (Wildman–Crippen MR) is 91.6 cm³/mol. The van der Waals surface area contributed by atoms with Crippen molar-refractivity contribution >= 4 is 11.6 Å². The number of nitrogens with zero attached hydrogens (tertiary/aromatic N) is 1. The summed E-state index contributed by atoms with van der Waals surface area (Å²) in [6.45, 7) is 1.72. The molecule has 1 fully saturated rings. The van der Waals surface area contributed by atoms with E-state index >= 15 is 0 Å². The molecule has 0 bridgehead atoms. The van der Waals surface area contributed by atoms with E-state index in [0.717, 1.165) is 5.06 Å². The smallest absolute Gasteiger partial charge is 0.320 e. The van der Waals surface area contributed by atoms with Gasteiger partial charge in [0.05, 0.1) is 20.3 Å². The highest BCUT2D eigenvalue weighted by Gasteiger charge is 2.47. The van der Waals surface area contributed by atoms with Gasteiger partial charge >= 0.3 is 5.91 Å². The van der Waals surface area contributed by atoms with Gasteiger partial charge in [-0.15, -0.1) is 0 Å². The highest BCUT2D eigenvalue weighted by atomic mass is 16.8. The topological polar surface area (TPSA) is 147 Å². The number of phenols is 1. The maximum atomic E-state index is 12.7. The van der Waals surface area contributed by atoms with Crippen LogP contribution in [0.4, 0.5) is 5.69 Å². The normalized spacial score (nSPS) is 32.6. The van der Waals surface area contributed by atoms with Crippen LogP contribution in [0.2, 0.25) is 0 Å². The number of amides is 1. The van der Waals surface area contributed by atoms with E-state index in [2.05, 4.69) is 0 Å². The molecule has 11 nitrogen and oxygen atoms in total. The molecule has 4 N–H and O–H groups in total. The number of aliphatic hydroxyl groups is 3. The molecule has 1 aromatic rings. The molecule has 0 aliphatic carbocycles. The number of carbonyl (C=O) groups is 1. The Hall–Kier alpha value is -2.15. The van der Waals surface area contributed by atoms with Crippen molar-refractivity contribution in [3.8, 4) is 17.2 Å². The zero-order valence-corrected chi connectivity index (χ0v) is 15.5. The van der Waals surface area contributed by atoms with Crippen LogP contribution in [0, 0.1) is 0 Å². The second-order valence-corrected chi connectivity index (χ2v) is 6.32. The highest BCUT2D eigenvalue weighted by Crippen LogP contribution is 2.42. The molecular weight excluding hydrogens is 378 g/mol. The molecule has 0 aromatic heterocycles. The number of hydrogen-bond donors (Lipinski definition) is 4. The van der Waals surface area contributed by atoms with Gasteiger partial charge in [0.15, 0.2) is 23.5 Å². The predicted octanol–water partition coefficient (Wildman–Crippen LogP) is -0.752. The van der Waals surface area contributed by atoms with Crippen LogP contribution in [0.5, 0.6) is 17.2 Å². The molecule has 28 heavy (non-hydrogen) atoms. The molecule has 6 atom stereocenters. The van der Waals surface area contributed by atoms with Gasteiger partial charge < -0.3 is 39.4 Å². The molecule has 156 valence electrons. The molecule has 11 heteroatoms.